The van der Waals surface area contributed by atoms with Crippen molar-refractivity contribution in [2.45, 2.75) is 18.8 Å². The summed E-state index contributed by atoms with van der Waals surface area (Å²) in [4.78, 5) is 19.7. The summed E-state index contributed by atoms with van der Waals surface area (Å²) in [5.41, 5.74) is 2.66. The molecule has 3 heterocycles. The van der Waals surface area contributed by atoms with Crippen molar-refractivity contribution in [2.24, 2.45) is 0 Å². The van der Waals surface area contributed by atoms with Gasteiger partial charge in [-0.2, -0.15) is 10.1 Å². The molecule has 150 valence electrons. The number of carbonyl (C=O) groups is 1. The molecule has 1 fully saturated rings. The first kappa shape index (κ1) is 18.3. The van der Waals surface area contributed by atoms with Crippen LogP contribution in [0.15, 0.2) is 77.6 Å². The predicted molar refractivity (Wildman–Crippen MR) is 110 cm³/mol. The number of aryl methyl sites for hydroxylation is 1. The molecule has 1 aliphatic heterocycles. The van der Waals surface area contributed by atoms with Crippen molar-refractivity contribution in [1.82, 2.24) is 24.8 Å². The molecule has 2 aromatic heterocycles. The topological polar surface area (TPSA) is 77.0 Å². The van der Waals surface area contributed by atoms with Crippen molar-refractivity contribution < 1.29 is 9.32 Å². The molecule has 5 rings (SSSR count). The summed E-state index contributed by atoms with van der Waals surface area (Å²) >= 11 is 0. The summed E-state index contributed by atoms with van der Waals surface area (Å²) in [6, 6.07) is 19.6. The smallest absolute Gasteiger partial charge is 0.253 e. The Morgan fingerprint density at radius 1 is 1.03 bits per heavy atom. The van der Waals surface area contributed by atoms with Gasteiger partial charge in [0.25, 0.3) is 5.91 Å². The van der Waals surface area contributed by atoms with E-state index < -0.39 is 0 Å². The van der Waals surface area contributed by atoms with Gasteiger partial charge in [-0.15, -0.1) is 0 Å². The van der Waals surface area contributed by atoms with Gasteiger partial charge in [0.2, 0.25) is 5.89 Å². The SMILES string of the molecule is Cc1noc([C@H]2CN(C(=O)c3cccc(-n4cccn4)c3)C[C@H]2c2ccccc2)n1. The van der Waals surface area contributed by atoms with Crippen LogP contribution in [0.2, 0.25) is 0 Å². The maximum atomic E-state index is 13.4. The maximum Gasteiger partial charge on any atom is 0.253 e. The van der Waals surface area contributed by atoms with Gasteiger partial charge in [-0.3, -0.25) is 4.79 Å². The minimum absolute atomic E-state index is 0.0105. The minimum atomic E-state index is -0.0353. The molecule has 0 radical (unpaired) electrons. The molecule has 7 nitrogen and oxygen atoms in total. The number of amides is 1. The van der Waals surface area contributed by atoms with Crippen LogP contribution in [-0.4, -0.2) is 43.8 Å². The van der Waals surface area contributed by atoms with E-state index >= 15 is 0 Å². The fraction of sp³-hybridized carbons (Fsp3) is 0.217. The molecule has 2 aromatic carbocycles. The monoisotopic (exact) mass is 399 g/mol. The first-order valence-electron chi connectivity index (χ1n) is 9.93. The van der Waals surface area contributed by atoms with Gasteiger partial charge in [0, 0.05) is 37.0 Å². The molecule has 1 saturated heterocycles. The number of likely N-dealkylation sites (tertiary alicyclic amines) is 1. The van der Waals surface area contributed by atoms with Crippen molar-refractivity contribution >= 4 is 5.91 Å². The summed E-state index contributed by atoms with van der Waals surface area (Å²) in [7, 11) is 0. The van der Waals surface area contributed by atoms with Gasteiger partial charge in [-0.1, -0.05) is 41.6 Å². The lowest BCUT2D eigenvalue weighted by atomic mass is 9.89. The highest BCUT2D eigenvalue weighted by atomic mass is 16.5. The third-order valence-electron chi connectivity index (χ3n) is 5.56. The molecule has 0 saturated carbocycles. The van der Waals surface area contributed by atoms with Gasteiger partial charge >= 0.3 is 0 Å². The Morgan fingerprint density at radius 3 is 2.60 bits per heavy atom. The summed E-state index contributed by atoms with van der Waals surface area (Å²) in [6.07, 6.45) is 3.58. The second-order valence-corrected chi connectivity index (χ2v) is 7.51. The molecule has 0 spiro atoms. The zero-order chi connectivity index (χ0) is 20.5. The first-order valence-corrected chi connectivity index (χ1v) is 9.93. The van der Waals surface area contributed by atoms with Gasteiger partial charge < -0.3 is 9.42 Å². The van der Waals surface area contributed by atoms with Crippen molar-refractivity contribution in [1.29, 1.82) is 0 Å². The van der Waals surface area contributed by atoms with E-state index in [0.717, 1.165) is 5.69 Å². The Bertz CT molecular complexity index is 1150. The summed E-state index contributed by atoms with van der Waals surface area (Å²) in [5, 5.41) is 8.21. The zero-order valence-electron chi connectivity index (χ0n) is 16.5. The zero-order valence-corrected chi connectivity index (χ0v) is 16.5. The van der Waals surface area contributed by atoms with E-state index in [1.54, 1.807) is 10.9 Å². The third kappa shape index (κ3) is 3.39. The van der Waals surface area contributed by atoms with Gasteiger partial charge in [-0.05, 0) is 36.8 Å². The number of nitrogens with zero attached hydrogens (tertiary/aromatic N) is 5. The maximum absolute atomic E-state index is 13.4. The van der Waals surface area contributed by atoms with E-state index in [4.69, 9.17) is 4.52 Å². The number of benzene rings is 2. The summed E-state index contributed by atoms with van der Waals surface area (Å²) in [5.74, 6) is 1.25. The number of hydrogen-bond acceptors (Lipinski definition) is 5. The van der Waals surface area contributed by atoms with Crippen LogP contribution < -0.4 is 0 Å². The number of aromatic nitrogens is 4. The highest BCUT2D eigenvalue weighted by molar-refractivity contribution is 5.95. The van der Waals surface area contributed by atoms with Crippen molar-refractivity contribution in [3.8, 4) is 5.69 Å². The Balaban J connectivity index is 1.45. The molecular formula is C23H21N5O2. The van der Waals surface area contributed by atoms with Crippen LogP contribution in [0.5, 0.6) is 0 Å². The lowest BCUT2D eigenvalue weighted by Crippen LogP contribution is -2.29. The molecule has 0 aliphatic carbocycles. The standard InChI is InChI=1S/C23H21N5O2/c1-16-25-22(30-26-16)21-15-27(14-20(21)17-7-3-2-4-8-17)23(29)18-9-5-10-19(13-18)28-12-6-11-24-28/h2-13,20-21H,14-15H2,1H3/t20-,21-/m0/s1. The fourth-order valence-corrected chi connectivity index (χ4v) is 4.11. The second-order valence-electron chi connectivity index (χ2n) is 7.51. The lowest BCUT2D eigenvalue weighted by Gasteiger charge is -2.17. The molecule has 2 atom stereocenters. The highest BCUT2D eigenvalue weighted by Crippen LogP contribution is 2.39. The van der Waals surface area contributed by atoms with Crippen LogP contribution in [-0.2, 0) is 0 Å². The molecule has 0 unspecified atom stereocenters. The van der Waals surface area contributed by atoms with E-state index in [2.05, 4.69) is 27.4 Å². The van der Waals surface area contributed by atoms with Crippen LogP contribution in [0.25, 0.3) is 5.69 Å². The molecular weight excluding hydrogens is 378 g/mol. The normalized spacial score (nSPS) is 18.6. The van der Waals surface area contributed by atoms with Crippen LogP contribution in [0, 0.1) is 6.92 Å². The van der Waals surface area contributed by atoms with Crippen LogP contribution in [0.4, 0.5) is 0 Å². The van der Waals surface area contributed by atoms with E-state index in [9.17, 15) is 4.79 Å². The largest absolute Gasteiger partial charge is 0.339 e. The van der Waals surface area contributed by atoms with E-state index in [1.807, 2.05) is 66.6 Å². The Kier molecular flexibility index (Phi) is 4.63. The Labute approximate surface area is 174 Å². The van der Waals surface area contributed by atoms with E-state index in [0.29, 0.717) is 30.4 Å². The molecule has 1 aliphatic rings. The van der Waals surface area contributed by atoms with Crippen LogP contribution in [0.1, 0.15) is 39.5 Å². The lowest BCUT2D eigenvalue weighted by molar-refractivity contribution is 0.0788. The molecule has 30 heavy (non-hydrogen) atoms. The van der Waals surface area contributed by atoms with E-state index in [-0.39, 0.29) is 17.7 Å². The number of rotatable bonds is 4. The van der Waals surface area contributed by atoms with Crippen molar-refractivity contribution in [2.75, 3.05) is 13.1 Å². The van der Waals surface area contributed by atoms with Crippen molar-refractivity contribution in [3.63, 3.8) is 0 Å². The van der Waals surface area contributed by atoms with E-state index in [1.165, 1.54) is 5.56 Å². The Morgan fingerprint density at radius 2 is 1.87 bits per heavy atom. The van der Waals surface area contributed by atoms with Crippen molar-refractivity contribution in [3.05, 3.63) is 95.9 Å². The minimum Gasteiger partial charge on any atom is -0.339 e. The number of carbonyl (C=O) groups excluding carboxylic acids is 1. The average molecular weight is 399 g/mol. The molecule has 0 bridgehead atoms. The van der Waals surface area contributed by atoms with Gasteiger partial charge in [0.05, 0.1) is 11.6 Å². The van der Waals surface area contributed by atoms with Crippen LogP contribution in [0.3, 0.4) is 0 Å². The second kappa shape index (κ2) is 7.59. The molecule has 4 aromatic rings. The fourth-order valence-electron chi connectivity index (χ4n) is 4.11. The molecule has 0 N–H and O–H groups in total. The molecule has 1 amide bonds. The highest BCUT2D eigenvalue weighted by Gasteiger charge is 2.40. The van der Waals surface area contributed by atoms with Crippen LogP contribution >= 0.6 is 0 Å². The average Bonchev–Trinajstić information content (AvgIpc) is 3.54. The quantitative estimate of drug-likeness (QED) is 0.524. The molecule has 7 heteroatoms. The van der Waals surface area contributed by atoms with Gasteiger partial charge in [-0.25, -0.2) is 4.68 Å². The van der Waals surface area contributed by atoms with Gasteiger partial charge in [0.15, 0.2) is 5.82 Å². The predicted octanol–water partition coefficient (Wildman–Crippen LogP) is 3.59. The first-order chi connectivity index (χ1) is 14.7. The number of hydrogen-bond donors (Lipinski definition) is 0. The summed E-state index contributed by atoms with van der Waals surface area (Å²) < 4.78 is 7.24. The van der Waals surface area contributed by atoms with Gasteiger partial charge in [0.1, 0.15) is 0 Å². The third-order valence-corrected chi connectivity index (χ3v) is 5.56. The summed E-state index contributed by atoms with van der Waals surface area (Å²) in [6.45, 7) is 2.94. The Hall–Kier alpha value is -3.74.